The van der Waals surface area contributed by atoms with Crippen LogP contribution in [0.3, 0.4) is 0 Å². The maximum absolute atomic E-state index is 12.3. The minimum Gasteiger partial charge on any atom is -0.294 e. The van der Waals surface area contributed by atoms with Gasteiger partial charge in [-0.3, -0.25) is 4.79 Å². The predicted octanol–water partition coefficient (Wildman–Crippen LogP) is 4.49. The molecule has 0 saturated carbocycles. The molecule has 0 aromatic heterocycles. The van der Waals surface area contributed by atoms with Crippen LogP contribution < -0.4 is 0 Å². The van der Waals surface area contributed by atoms with Gasteiger partial charge in [0.25, 0.3) is 0 Å². The Bertz CT molecular complexity index is 587. The van der Waals surface area contributed by atoms with Gasteiger partial charge >= 0.3 is 0 Å². The second kappa shape index (κ2) is 5.49. The summed E-state index contributed by atoms with van der Waals surface area (Å²) in [7, 11) is 0. The number of benzene rings is 2. The third-order valence-corrected chi connectivity index (χ3v) is 3.99. The number of Topliss-reactive ketones (excluding diaryl/α,β-unsaturated/α-hetero) is 1. The molecule has 1 nitrogen and oxygen atoms in total. The van der Waals surface area contributed by atoms with Gasteiger partial charge in [-0.15, -0.1) is 0 Å². The number of carbonyl (C=O) groups excluding carboxylic acids is 1. The van der Waals surface area contributed by atoms with E-state index < -0.39 is 0 Å². The highest BCUT2D eigenvalue weighted by molar-refractivity contribution is 9.10. The fourth-order valence-corrected chi connectivity index (χ4v) is 2.39. The van der Waals surface area contributed by atoms with Crippen molar-refractivity contribution >= 4 is 21.7 Å². The molecule has 2 heteroatoms. The zero-order chi connectivity index (χ0) is 13.1. The van der Waals surface area contributed by atoms with Gasteiger partial charge in [0.2, 0.25) is 0 Å². The minimum atomic E-state index is 0.170. The Kier molecular flexibility index (Phi) is 3.97. The van der Waals surface area contributed by atoms with Gasteiger partial charge in [-0.05, 0) is 36.6 Å². The number of hydrogen-bond acceptors (Lipinski definition) is 1. The van der Waals surface area contributed by atoms with Crippen LogP contribution in [-0.4, -0.2) is 5.78 Å². The fraction of sp³-hybridized carbons (Fsp3) is 0.188. The first kappa shape index (κ1) is 13.0. The van der Waals surface area contributed by atoms with Crippen LogP contribution in [0.2, 0.25) is 0 Å². The minimum absolute atomic E-state index is 0.170. The van der Waals surface area contributed by atoms with Gasteiger partial charge in [-0.25, -0.2) is 0 Å². The molecule has 0 atom stereocenters. The first-order chi connectivity index (χ1) is 8.59. The molecule has 0 radical (unpaired) electrons. The Morgan fingerprint density at radius 2 is 1.78 bits per heavy atom. The summed E-state index contributed by atoms with van der Waals surface area (Å²) in [4.78, 5) is 12.3. The molecule has 0 aliphatic rings. The van der Waals surface area contributed by atoms with Crippen molar-refractivity contribution in [2.45, 2.75) is 20.3 Å². The number of ketones is 1. The fourth-order valence-electron chi connectivity index (χ4n) is 1.96. The van der Waals surface area contributed by atoms with Crippen molar-refractivity contribution < 1.29 is 4.79 Å². The highest BCUT2D eigenvalue weighted by Crippen LogP contribution is 2.20. The highest BCUT2D eigenvalue weighted by Gasteiger charge is 2.12. The Balaban J connectivity index is 2.28. The van der Waals surface area contributed by atoms with Crippen LogP contribution in [0.5, 0.6) is 0 Å². The van der Waals surface area contributed by atoms with Gasteiger partial charge in [-0.2, -0.15) is 0 Å². The molecule has 92 valence electrons. The molecule has 0 saturated heterocycles. The van der Waals surface area contributed by atoms with Crippen LogP contribution in [0.1, 0.15) is 27.0 Å². The van der Waals surface area contributed by atoms with Gasteiger partial charge in [0.05, 0.1) is 0 Å². The van der Waals surface area contributed by atoms with Crippen molar-refractivity contribution in [2.75, 3.05) is 0 Å². The average molecular weight is 303 g/mol. The van der Waals surface area contributed by atoms with Crippen molar-refractivity contribution in [1.29, 1.82) is 0 Å². The SMILES string of the molecule is Cc1cccc(C(=O)Cc2ccccc2Br)c1C. The summed E-state index contributed by atoms with van der Waals surface area (Å²) < 4.78 is 0.989. The van der Waals surface area contributed by atoms with E-state index in [0.717, 1.165) is 26.7 Å². The molecule has 0 heterocycles. The largest absolute Gasteiger partial charge is 0.294 e. The molecule has 0 aliphatic carbocycles. The molecule has 0 fully saturated rings. The first-order valence-corrected chi connectivity index (χ1v) is 6.71. The Labute approximate surface area is 116 Å². The van der Waals surface area contributed by atoms with Crippen molar-refractivity contribution in [1.82, 2.24) is 0 Å². The van der Waals surface area contributed by atoms with E-state index in [0.29, 0.717) is 6.42 Å². The molecule has 0 spiro atoms. The Hall–Kier alpha value is -1.41. The van der Waals surface area contributed by atoms with E-state index in [-0.39, 0.29) is 5.78 Å². The number of rotatable bonds is 3. The summed E-state index contributed by atoms with van der Waals surface area (Å²) >= 11 is 3.48. The lowest BCUT2D eigenvalue weighted by atomic mass is 9.96. The van der Waals surface area contributed by atoms with E-state index in [4.69, 9.17) is 0 Å². The smallest absolute Gasteiger partial charge is 0.167 e. The molecule has 18 heavy (non-hydrogen) atoms. The van der Waals surface area contributed by atoms with Crippen molar-refractivity contribution in [3.05, 3.63) is 69.2 Å². The van der Waals surface area contributed by atoms with Gasteiger partial charge < -0.3 is 0 Å². The maximum Gasteiger partial charge on any atom is 0.167 e. The quantitative estimate of drug-likeness (QED) is 0.763. The zero-order valence-corrected chi connectivity index (χ0v) is 12.1. The number of aryl methyl sites for hydroxylation is 1. The van der Waals surface area contributed by atoms with Gasteiger partial charge in [0.15, 0.2) is 5.78 Å². The topological polar surface area (TPSA) is 17.1 Å². The van der Waals surface area contributed by atoms with Crippen LogP contribution in [0, 0.1) is 13.8 Å². The lowest BCUT2D eigenvalue weighted by Crippen LogP contribution is -2.06. The summed E-state index contributed by atoms with van der Waals surface area (Å²) in [6.45, 7) is 4.03. The molecule has 0 unspecified atom stereocenters. The molecular formula is C16H15BrO. The molecule has 2 aromatic rings. The average Bonchev–Trinajstić information content (AvgIpc) is 2.35. The molecule has 0 aliphatic heterocycles. The maximum atomic E-state index is 12.3. The third kappa shape index (κ3) is 2.70. The molecule has 0 amide bonds. The van der Waals surface area contributed by atoms with Crippen LogP contribution in [0.25, 0.3) is 0 Å². The summed E-state index contributed by atoms with van der Waals surface area (Å²) in [6.07, 6.45) is 0.436. The van der Waals surface area contributed by atoms with E-state index in [1.807, 2.05) is 56.3 Å². The van der Waals surface area contributed by atoms with Crippen LogP contribution in [0.4, 0.5) is 0 Å². The Morgan fingerprint density at radius 3 is 2.50 bits per heavy atom. The molecule has 0 bridgehead atoms. The normalized spacial score (nSPS) is 10.4. The summed E-state index contributed by atoms with van der Waals surface area (Å²) in [6, 6.07) is 13.7. The third-order valence-electron chi connectivity index (χ3n) is 3.21. The van der Waals surface area contributed by atoms with Gasteiger partial charge in [0.1, 0.15) is 0 Å². The number of carbonyl (C=O) groups is 1. The van der Waals surface area contributed by atoms with Gasteiger partial charge in [-0.1, -0.05) is 52.3 Å². The Morgan fingerprint density at radius 1 is 1.06 bits per heavy atom. The standard InChI is InChI=1S/C16H15BrO/c1-11-6-5-8-14(12(11)2)16(18)10-13-7-3-4-9-15(13)17/h3-9H,10H2,1-2H3. The second-order valence-electron chi connectivity index (χ2n) is 4.44. The van der Waals surface area contributed by atoms with Crippen LogP contribution in [0.15, 0.2) is 46.9 Å². The van der Waals surface area contributed by atoms with Crippen molar-refractivity contribution in [3.63, 3.8) is 0 Å². The highest BCUT2D eigenvalue weighted by atomic mass is 79.9. The second-order valence-corrected chi connectivity index (χ2v) is 5.29. The summed E-state index contributed by atoms with van der Waals surface area (Å²) in [5.74, 6) is 0.170. The van der Waals surface area contributed by atoms with E-state index in [1.54, 1.807) is 0 Å². The lowest BCUT2D eigenvalue weighted by molar-refractivity contribution is 0.0992. The first-order valence-electron chi connectivity index (χ1n) is 5.92. The molecule has 0 N–H and O–H groups in total. The van der Waals surface area contributed by atoms with Crippen molar-refractivity contribution in [3.8, 4) is 0 Å². The molecule has 2 rings (SSSR count). The van der Waals surface area contributed by atoms with Crippen LogP contribution >= 0.6 is 15.9 Å². The molecular weight excluding hydrogens is 288 g/mol. The number of hydrogen-bond donors (Lipinski definition) is 0. The zero-order valence-electron chi connectivity index (χ0n) is 10.5. The van der Waals surface area contributed by atoms with Gasteiger partial charge in [0, 0.05) is 16.5 Å². The van der Waals surface area contributed by atoms with Crippen molar-refractivity contribution in [2.24, 2.45) is 0 Å². The molecule has 2 aromatic carbocycles. The van der Waals surface area contributed by atoms with Crippen LogP contribution in [-0.2, 0) is 6.42 Å². The monoisotopic (exact) mass is 302 g/mol. The predicted molar refractivity (Wildman–Crippen MR) is 78.1 cm³/mol. The number of halogens is 1. The van der Waals surface area contributed by atoms with E-state index in [1.165, 1.54) is 0 Å². The van der Waals surface area contributed by atoms with E-state index >= 15 is 0 Å². The summed E-state index contributed by atoms with van der Waals surface area (Å²) in [5.41, 5.74) is 4.09. The van der Waals surface area contributed by atoms with E-state index in [2.05, 4.69) is 15.9 Å². The van der Waals surface area contributed by atoms with E-state index in [9.17, 15) is 4.79 Å². The lowest BCUT2D eigenvalue weighted by Gasteiger charge is -2.08. The summed E-state index contributed by atoms with van der Waals surface area (Å²) in [5, 5.41) is 0.